The van der Waals surface area contributed by atoms with Crippen molar-refractivity contribution in [3.63, 3.8) is 0 Å². The van der Waals surface area contributed by atoms with E-state index in [2.05, 4.69) is 5.10 Å². The molecule has 0 amide bonds. The number of carboxylic acids is 1. The Bertz CT molecular complexity index is 867. The molecule has 0 aliphatic rings. The SMILES string of the molecule is O=C(O)c1ccc(Cn2ncc(=O)c3ccccc32)cc1. The van der Waals surface area contributed by atoms with Crippen molar-refractivity contribution in [2.75, 3.05) is 0 Å². The molecule has 0 atom stereocenters. The Morgan fingerprint density at radius 3 is 2.52 bits per heavy atom. The van der Waals surface area contributed by atoms with Crippen molar-refractivity contribution in [3.05, 3.63) is 76.1 Å². The summed E-state index contributed by atoms with van der Waals surface area (Å²) >= 11 is 0. The summed E-state index contributed by atoms with van der Waals surface area (Å²) in [6, 6.07) is 13.9. The van der Waals surface area contributed by atoms with Gasteiger partial charge in [-0.2, -0.15) is 5.10 Å². The molecule has 0 saturated heterocycles. The quantitative estimate of drug-likeness (QED) is 0.797. The number of hydrogen-bond donors (Lipinski definition) is 1. The minimum atomic E-state index is -0.950. The predicted molar refractivity (Wildman–Crippen MR) is 78.5 cm³/mol. The smallest absolute Gasteiger partial charge is 0.335 e. The maximum Gasteiger partial charge on any atom is 0.335 e. The molecular weight excluding hydrogens is 268 g/mol. The van der Waals surface area contributed by atoms with E-state index in [9.17, 15) is 9.59 Å². The van der Waals surface area contributed by atoms with Gasteiger partial charge in [0.25, 0.3) is 0 Å². The van der Waals surface area contributed by atoms with Gasteiger partial charge in [-0.1, -0.05) is 24.3 Å². The zero-order chi connectivity index (χ0) is 14.8. The van der Waals surface area contributed by atoms with Gasteiger partial charge in [-0.3, -0.25) is 9.48 Å². The fourth-order valence-electron chi connectivity index (χ4n) is 2.21. The van der Waals surface area contributed by atoms with Gasteiger partial charge in [-0.25, -0.2) is 4.79 Å². The zero-order valence-electron chi connectivity index (χ0n) is 11.1. The molecule has 5 heteroatoms. The molecule has 1 N–H and O–H groups in total. The largest absolute Gasteiger partial charge is 0.478 e. The molecular formula is C16H12N2O3. The van der Waals surface area contributed by atoms with Gasteiger partial charge < -0.3 is 5.11 Å². The van der Waals surface area contributed by atoms with Crippen LogP contribution in [0.3, 0.4) is 0 Å². The maximum atomic E-state index is 11.8. The normalized spacial score (nSPS) is 10.7. The number of para-hydroxylation sites is 1. The first kappa shape index (κ1) is 13.1. The van der Waals surface area contributed by atoms with Gasteiger partial charge in [0.2, 0.25) is 5.43 Å². The monoisotopic (exact) mass is 280 g/mol. The Labute approximate surface area is 120 Å². The minimum absolute atomic E-state index is 0.108. The average molecular weight is 280 g/mol. The van der Waals surface area contributed by atoms with Crippen molar-refractivity contribution in [2.45, 2.75) is 6.54 Å². The number of benzene rings is 2. The topological polar surface area (TPSA) is 72.2 Å². The number of carbonyl (C=O) groups is 1. The number of aromatic nitrogens is 2. The van der Waals surface area contributed by atoms with Crippen molar-refractivity contribution >= 4 is 16.9 Å². The number of carboxylic acid groups (broad SMARTS) is 1. The summed E-state index contributed by atoms with van der Waals surface area (Å²) in [6.07, 6.45) is 1.30. The molecule has 0 aliphatic carbocycles. The Kier molecular flexibility index (Phi) is 3.23. The number of hydrogen-bond acceptors (Lipinski definition) is 3. The molecule has 21 heavy (non-hydrogen) atoms. The van der Waals surface area contributed by atoms with Crippen LogP contribution in [0.15, 0.2) is 59.5 Å². The summed E-state index contributed by atoms with van der Waals surface area (Å²) in [5.74, 6) is -0.950. The zero-order valence-corrected chi connectivity index (χ0v) is 11.1. The van der Waals surface area contributed by atoms with Gasteiger partial charge in [-0.05, 0) is 29.8 Å². The van der Waals surface area contributed by atoms with E-state index >= 15 is 0 Å². The highest BCUT2D eigenvalue weighted by molar-refractivity contribution is 5.87. The van der Waals surface area contributed by atoms with E-state index < -0.39 is 5.97 Å². The van der Waals surface area contributed by atoms with Crippen LogP contribution in [0.25, 0.3) is 10.9 Å². The number of rotatable bonds is 3. The summed E-state index contributed by atoms with van der Waals surface area (Å²) in [4.78, 5) is 22.6. The van der Waals surface area contributed by atoms with Crippen molar-refractivity contribution in [1.82, 2.24) is 9.78 Å². The van der Waals surface area contributed by atoms with E-state index in [4.69, 9.17) is 5.11 Å². The lowest BCUT2D eigenvalue weighted by Crippen LogP contribution is -2.13. The van der Waals surface area contributed by atoms with Gasteiger partial charge in [-0.15, -0.1) is 0 Å². The molecule has 0 saturated carbocycles. The van der Waals surface area contributed by atoms with Crippen LogP contribution in [0, 0.1) is 0 Å². The molecule has 3 aromatic rings. The molecule has 0 aliphatic heterocycles. The Hall–Kier alpha value is -2.95. The van der Waals surface area contributed by atoms with Crippen molar-refractivity contribution in [3.8, 4) is 0 Å². The van der Waals surface area contributed by atoms with Crippen LogP contribution in [-0.2, 0) is 6.54 Å². The first-order valence-corrected chi connectivity index (χ1v) is 6.42. The van der Waals surface area contributed by atoms with Gasteiger partial charge >= 0.3 is 5.97 Å². The van der Waals surface area contributed by atoms with Crippen LogP contribution in [0.4, 0.5) is 0 Å². The lowest BCUT2D eigenvalue weighted by Gasteiger charge is -2.09. The number of fused-ring (bicyclic) bond motifs is 1. The summed E-state index contributed by atoms with van der Waals surface area (Å²) in [6.45, 7) is 0.473. The number of nitrogens with zero attached hydrogens (tertiary/aromatic N) is 2. The first-order chi connectivity index (χ1) is 10.1. The summed E-state index contributed by atoms with van der Waals surface area (Å²) < 4.78 is 1.73. The lowest BCUT2D eigenvalue weighted by atomic mass is 10.1. The third-order valence-corrected chi connectivity index (χ3v) is 3.30. The van der Waals surface area contributed by atoms with E-state index in [-0.39, 0.29) is 11.0 Å². The molecule has 3 rings (SSSR count). The molecule has 2 aromatic carbocycles. The highest BCUT2D eigenvalue weighted by Gasteiger charge is 2.05. The van der Waals surface area contributed by atoms with Gasteiger partial charge in [0, 0.05) is 5.39 Å². The van der Waals surface area contributed by atoms with E-state index in [1.54, 1.807) is 35.0 Å². The van der Waals surface area contributed by atoms with E-state index in [0.29, 0.717) is 11.9 Å². The van der Waals surface area contributed by atoms with Crippen LogP contribution in [0.2, 0.25) is 0 Å². The van der Waals surface area contributed by atoms with Crippen molar-refractivity contribution in [1.29, 1.82) is 0 Å². The summed E-state index contributed by atoms with van der Waals surface area (Å²) in [5.41, 5.74) is 1.81. The van der Waals surface area contributed by atoms with Crippen LogP contribution in [-0.4, -0.2) is 20.9 Å². The highest BCUT2D eigenvalue weighted by Crippen LogP contribution is 2.11. The van der Waals surface area contributed by atoms with Crippen LogP contribution in [0.5, 0.6) is 0 Å². The molecule has 104 valence electrons. The molecule has 0 unspecified atom stereocenters. The Morgan fingerprint density at radius 1 is 1.10 bits per heavy atom. The fraction of sp³-hybridized carbons (Fsp3) is 0.0625. The average Bonchev–Trinajstić information content (AvgIpc) is 2.51. The molecule has 0 spiro atoms. The minimum Gasteiger partial charge on any atom is -0.478 e. The summed E-state index contributed by atoms with van der Waals surface area (Å²) in [5, 5.41) is 13.7. The fourth-order valence-corrected chi connectivity index (χ4v) is 2.21. The molecule has 5 nitrogen and oxygen atoms in total. The molecule has 0 fully saturated rings. The van der Waals surface area contributed by atoms with Gasteiger partial charge in [0.1, 0.15) is 0 Å². The Morgan fingerprint density at radius 2 is 1.81 bits per heavy atom. The van der Waals surface area contributed by atoms with E-state index in [1.807, 2.05) is 18.2 Å². The highest BCUT2D eigenvalue weighted by atomic mass is 16.4. The molecule has 0 radical (unpaired) electrons. The van der Waals surface area contributed by atoms with Crippen molar-refractivity contribution < 1.29 is 9.90 Å². The van der Waals surface area contributed by atoms with Crippen LogP contribution >= 0.6 is 0 Å². The second-order valence-corrected chi connectivity index (χ2v) is 4.69. The third kappa shape index (κ3) is 2.53. The molecule has 1 aromatic heterocycles. The summed E-state index contributed by atoms with van der Waals surface area (Å²) in [7, 11) is 0. The number of aromatic carboxylic acids is 1. The molecule has 0 bridgehead atoms. The van der Waals surface area contributed by atoms with Gasteiger partial charge in [0.15, 0.2) is 0 Å². The van der Waals surface area contributed by atoms with E-state index in [1.165, 1.54) is 6.20 Å². The standard InChI is InChI=1S/C16H12N2O3/c19-15-9-17-18(14-4-2-1-3-13(14)15)10-11-5-7-12(8-6-11)16(20)21/h1-9H,10H2,(H,20,21). The second kappa shape index (κ2) is 5.20. The maximum absolute atomic E-state index is 11.8. The first-order valence-electron chi connectivity index (χ1n) is 6.42. The Balaban J connectivity index is 2.00. The van der Waals surface area contributed by atoms with Crippen LogP contribution in [0.1, 0.15) is 15.9 Å². The van der Waals surface area contributed by atoms with E-state index in [0.717, 1.165) is 11.1 Å². The van der Waals surface area contributed by atoms with Crippen LogP contribution < -0.4 is 5.43 Å². The second-order valence-electron chi connectivity index (χ2n) is 4.69. The van der Waals surface area contributed by atoms with Gasteiger partial charge in [0.05, 0.1) is 23.8 Å². The predicted octanol–water partition coefficient (Wildman–Crippen LogP) is 2.14. The third-order valence-electron chi connectivity index (χ3n) is 3.30. The molecule has 1 heterocycles. The van der Waals surface area contributed by atoms with Crippen molar-refractivity contribution in [2.24, 2.45) is 0 Å². The lowest BCUT2D eigenvalue weighted by molar-refractivity contribution is 0.0697.